The Morgan fingerprint density at radius 1 is 1.33 bits per heavy atom. The Hall–Kier alpha value is -1.07. The van der Waals surface area contributed by atoms with E-state index >= 15 is 0 Å². The van der Waals surface area contributed by atoms with Gasteiger partial charge < -0.3 is 10.6 Å². The van der Waals surface area contributed by atoms with Crippen LogP contribution in [0.4, 0.5) is 0 Å². The lowest BCUT2D eigenvalue weighted by Crippen LogP contribution is -2.50. The number of benzene rings is 1. The molecular weight excluding hydrogens is 300 g/mol. The zero-order valence-corrected chi connectivity index (χ0v) is 14.4. The summed E-state index contributed by atoms with van der Waals surface area (Å²) in [6.07, 6.45) is 3.71. The second kappa shape index (κ2) is 6.36. The van der Waals surface area contributed by atoms with E-state index in [4.69, 9.17) is 18.0 Å². The van der Waals surface area contributed by atoms with Gasteiger partial charge in [0.15, 0.2) is 0 Å². The molecule has 3 nitrogen and oxygen atoms in total. The van der Waals surface area contributed by atoms with Crippen molar-refractivity contribution in [1.82, 2.24) is 4.90 Å². The number of thioether (sulfide) groups is 1. The third-order valence-corrected chi connectivity index (χ3v) is 6.46. The van der Waals surface area contributed by atoms with Gasteiger partial charge in [-0.3, -0.25) is 4.79 Å². The van der Waals surface area contributed by atoms with Gasteiger partial charge in [-0.15, -0.1) is 0 Å². The van der Waals surface area contributed by atoms with Crippen LogP contribution in [-0.4, -0.2) is 39.9 Å². The lowest BCUT2D eigenvalue weighted by Gasteiger charge is -2.40. The zero-order valence-electron chi connectivity index (χ0n) is 12.8. The first-order valence-corrected chi connectivity index (χ1v) is 8.75. The summed E-state index contributed by atoms with van der Waals surface area (Å²) in [5.74, 6) is 0.119. The van der Waals surface area contributed by atoms with E-state index in [1.54, 1.807) is 11.8 Å². The molecule has 1 fully saturated rings. The predicted molar refractivity (Wildman–Crippen MR) is 94.1 cm³/mol. The van der Waals surface area contributed by atoms with Crippen LogP contribution < -0.4 is 5.73 Å². The fourth-order valence-electron chi connectivity index (χ4n) is 2.78. The highest BCUT2D eigenvalue weighted by Gasteiger charge is 2.38. The number of hydrogen-bond acceptors (Lipinski definition) is 3. The van der Waals surface area contributed by atoms with Crippen molar-refractivity contribution in [3.63, 3.8) is 0 Å². The average Bonchev–Trinajstić information content (AvgIpc) is 2.49. The number of aryl methyl sites for hydroxylation is 1. The highest BCUT2D eigenvalue weighted by atomic mass is 32.2. The minimum Gasteiger partial charge on any atom is -0.392 e. The van der Waals surface area contributed by atoms with E-state index in [-0.39, 0.29) is 10.7 Å². The van der Waals surface area contributed by atoms with Gasteiger partial charge in [-0.2, -0.15) is 11.8 Å². The maximum absolute atomic E-state index is 12.7. The van der Waals surface area contributed by atoms with E-state index in [2.05, 4.69) is 0 Å². The van der Waals surface area contributed by atoms with Crippen LogP contribution in [0.1, 0.15) is 34.3 Å². The second-order valence-electron chi connectivity index (χ2n) is 5.60. The van der Waals surface area contributed by atoms with Crippen LogP contribution in [0.5, 0.6) is 0 Å². The molecule has 21 heavy (non-hydrogen) atoms. The van der Waals surface area contributed by atoms with Gasteiger partial charge in [-0.1, -0.05) is 24.4 Å². The largest absolute Gasteiger partial charge is 0.392 e. The molecule has 2 rings (SSSR count). The summed E-state index contributed by atoms with van der Waals surface area (Å²) >= 11 is 6.93. The summed E-state index contributed by atoms with van der Waals surface area (Å²) in [5.41, 5.74) is 8.92. The maximum Gasteiger partial charge on any atom is 0.254 e. The Bertz CT molecular complexity index is 563. The molecule has 1 aromatic carbocycles. The van der Waals surface area contributed by atoms with Crippen molar-refractivity contribution < 1.29 is 4.79 Å². The molecular formula is C16H22N2OS2. The van der Waals surface area contributed by atoms with Gasteiger partial charge in [0.2, 0.25) is 0 Å². The molecule has 1 aliphatic rings. The van der Waals surface area contributed by atoms with Gasteiger partial charge in [-0.25, -0.2) is 0 Å². The molecule has 1 heterocycles. The number of likely N-dealkylation sites (tertiary alicyclic amines) is 1. The quantitative estimate of drug-likeness (QED) is 0.869. The number of amides is 1. The van der Waals surface area contributed by atoms with E-state index in [1.807, 2.05) is 43.2 Å². The fourth-order valence-corrected chi connectivity index (χ4v) is 4.02. The van der Waals surface area contributed by atoms with Crippen LogP contribution in [0.2, 0.25) is 0 Å². The van der Waals surface area contributed by atoms with Crippen LogP contribution >= 0.6 is 24.0 Å². The lowest BCUT2D eigenvalue weighted by atomic mass is 9.94. The molecule has 1 aromatic rings. The second-order valence-corrected chi connectivity index (χ2v) is 7.23. The van der Waals surface area contributed by atoms with Gasteiger partial charge in [0.1, 0.15) is 0 Å². The van der Waals surface area contributed by atoms with E-state index in [1.165, 1.54) is 0 Å². The third-order valence-electron chi connectivity index (χ3n) is 4.53. The Morgan fingerprint density at radius 2 is 1.95 bits per heavy atom. The SMILES string of the molecule is CSC1(C(N)=S)CCN(C(=O)c2cccc(C)c2C)CC1. The third kappa shape index (κ3) is 3.09. The molecule has 0 radical (unpaired) electrons. The van der Waals surface area contributed by atoms with Crippen molar-refractivity contribution >= 4 is 34.9 Å². The molecule has 0 aliphatic carbocycles. The molecule has 0 spiro atoms. The number of carbonyl (C=O) groups is 1. The number of rotatable bonds is 3. The number of thiocarbonyl (C=S) groups is 1. The molecule has 0 unspecified atom stereocenters. The first-order valence-electron chi connectivity index (χ1n) is 7.12. The Kier molecular flexibility index (Phi) is 4.94. The van der Waals surface area contributed by atoms with Gasteiger partial charge in [0.25, 0.3) is 5.91 Å². The van der Waals surface area contributed by atoms with Crippen molar-refractivity contribution in [3.8, 4) is 0 Å². The van der Waals surface area contributed by atoms with Crippen LogP contribution in [0.15, 0.2) is 18.2 Å². The topological polar surface area (TPSA) is 46.3 Å². The smallest absolute Gasteiger partial charge is 0.254 e. The number of carbonyl (C=O) groups excluding carboxylic acids is 1. The summed E-state index contributed by atoms with van der Waals surface area (Å²) in [6, 6.07) is 5.89. The zero-order chi connectivity index (χ0) is 15.6. The van der Waals surface area contributed by atoms with Crippen LogP contribution in [0, 0.1) is 13.8 Å². The minimum absolute atomic E-state index is 0.119. The highest BCUT2D eigenvalue weighted by Crippen LogP contribution is 2.35. The summed E-state index contributed by atoms with van der Waals surface area (Å²) in [4.78, 5) is 15.2. The van der Waals surface area contributed by atoms with E-state index in [0.29, 0.717) is 18.1 Å². The minimum atomic E-state index is -0.145. The Morgan fingerprint density at radius 3 is 2.48 bits per heavy atom. The normalized spacial score (nSPS) is 17.6. The number of nitrogens with zero attached hydrogens (tertiary/aromatic N) is 1. The molecule has 0 aromatic heterocycles. The number of nitrogens with two attached hydrogens (primary N) is 1. The van der Waals surface area contributed by atoms with Crippen LogP contribution in [0.25, 0.3) is 0 Å². The summed E-state index contributed by atoms with van der Waals surface area (Å²) in [6.45, 7) is 5.47. The lowest BCUT2D eigenvalue weighted by molar-refractivity contribution is 0.0718. The molecule has 0 atom stereocenters. The fraction of sp³-hybridized carbons (Fsp3) is 0.500. The highest BCUT2D eigenvalue weighted by molar-refractivity contribution is 8.02. The van der Waals surface area contributed by atoms with Crippen molar-refractivity contribution in [2.75, 3.05) is 19.3 Å². The van der Waals surface area contributed by atoms with Gasteiger partial charge >= 0.3 is 0 Å². The molecule has 0 saturated carbocycles. The molecule has 0 bridgehead atoms. The predicted octanol–water partition coefficient (Wildman–Crippen LogP) is 2.93. The van der Waals surface area contributed by atoms with Gasteiger partial charge in [0, 0.05) is 18.7 Å². The average molecular weight is 322 g/mol. The monoisotopic (exact) mass is 322 g/mol. The molecule has 5 heteroatoms. The number of piperidine rings is 1. The Labute approximate surface area is 136 Å². The van der Waals surface area contributed by atoms with Crippen LogP contribution in [0.3, 0.4) is 0 Å². The maximum atomic E-state index is 12.7. The van der Waals surface area contributed by atoms with E-state index < -0.39 is 0 Å². The van der Waals surface area contributed by atoms with E-state index in [9.17, 15) is 4.79 Å². The summed E-state index contributed by atoms with van der Waals surface area (Å²) in [5, 5.41) is 0. The number of hydrogen-bond donors (Lipinski definition) is 1. The summed E-state index contributed by atoms with van der Waals surface area (Å²) in [7, 11) is 0. The van der Waals surface area contributed by atoms with Crippen molar-refractivity contribution in [3.05, 3.63) is 34.9 Å². The van der Waals surface area contributed by atoms with Gasteiger partial charge in [-0.05, 0) is 50.1 Å². The van der Waals surface area contributed by atoms with E-state index in [0.717, 1.165) is 29.5 Å². The van der Waals surface area contributed by atoms with Crippen molar-refractivity contribution in [2.45, 2.75) is 31.4 Å². The molecule has 114 valence electrons. The first-order chi connectivity index (χ1) is 9.91. The molecule has 2 N–H and O–H groups in total. The first kappa shape index (κ1) is 16.3. The van der Waals surface area contributed by atoms with Crippen LogP contribution in [-0.2, 0) is 0 Å². The summed E-state index contributed by atoms with van der Waals surface area (Å²) < 4.78 is -0.145. The molecule has 1 saturated heterocycles. The Balaban J connectivity index is 2.14. The van der Waals surface area contributed by atoms with Crippen molar-refractivity contribution in [2.24, 2.45) is 5.73 Å². The van der Waals surface area contributed by atoms with Crippen molar-refractivity contribution in [1.29, 1.82) is 0 Å². The van der Waals surface area contributed by atoms with Gasteiger partial charge in [0.05, 0.1) is 9.74 Å². The molecule has 1 amide bonds. The standard InChI is InChI=1S/C16H22N2OS2/c1-11-5-4-6-13(12(11)2)14(19)18-9-7-16(21-3,8-10-18)15(17)20/h4-6H,7-10H2,1-3H3,(H2,17,20). The molecule has 1 aliphatic heterocycles.